The van der Waals surface area contributed by atoms with Crippen molar-refractivity contribution >= 4 is 5.97 Å². The van der Waals surface area contributed by atoms with E-state index in [2.05, 4.69) is 23.0 Å². The van der Waals surface area contributed by atoms with Gasteiger partial charge in [-0.05, 0) is 0 Å². The third-order valence-corrected chi connectivity index (χ3v) is 1.88. The van der Waals surface area contributed by atoms with Crippen LogP contribution in [0.5, 0.6) is 0 Å². The minimum absolute atomic E-state index is 0.342. The van der Waals surface area contributed by atoms with Gasteiger partial charge in [0.25, 0.3) is 0 Å². The highest BCUT2D eigenvalue weighted by molar-refractivity contribution is 5.82. The average Bonchev–Trinajstić information content (AvgIpc) is 2.75. The Morgan fingerprint density at radius 1 is 1.13 bits per heavy atom. The number of carbonyl (C=O) groups excluding carboxylic acids is 1. The van der Waals surface area contributed by atoms with Gasteiger partial charge >= 0.3 is 5.97 Å². The molecule has 0 aliphatic heterocycles. The number of esters is 1. The smallest absolute Gasteiger partial charge is 0.330 e. The maximum absolute atomic E-state index is 10.7. The van der Waals surface area contributed by atoms with E-state index in [1.165, 1.54) is 13.2 Å². The molecule has 0 radical (unpaired) electrons. The summed E-state index contributed by atoms with van der Waals surface area (Å²) in [6, 6.07) is 0. The van der Waals surface area contributed by atoms with Gasteiger partial charge in [-0.3, -0.25) is 0 Å². The summed E-state index contributed by atoms with van der Waals surface area (Å²) in [5.74, 6) is 0.0597. The van der Waals surface area contributed by atoms with E-state index in [1.54, 1.807) is 12.2 Å². The van der Waals surface area contributed by atoms with Crippen molar-refractivity contribution in [2.24, 2.45) is 5.92 Å². The van der Waals surface area contributed by atoms with Crippen molar-refractivity contribution in [3.05, 3.63) is 60.8 Å². The quantitative estimate of drug-likeness (QED) is 0.398. The molecular weight excluding hydrogens is 188 g/mol. The molecule has 0 fully saturated rings. The minimum atomic E-state index is -0.342. The van der Waals surface area contributed by atoms with Gasteiger partial charge in [-0.25, -0.2) is 4.79 Å². The van der Waals surface area contributed by atoms with Crippen LogP contribution in [-0.2, 0) is 9.53 Å². The molecule has 1 aliphatic rings. The van der Waals surface area contributed by atoms with Crippen LogP contribution >= 0.6 is 0 Å². The van der Waals surface area contributed by atoms with Crippen LogP contribution in [0.15, 0.2) is 60.8 Å². The van der Waals surface area contributed by atoms with E-state index < -0.39 is 0 Å². The molecule has 1 aliphatic carbocycles. The van der Waals surface area contributed by atoms with Gasteiger partial charge in [0.15, 0.2) is 0 Å². The second kappa shape index (κ2) is 6.60. The minimum Gasteiger partial charge on any atom is -0.466 e. The summed E-state index contributed by atoms with van der Waals surface area (Å²) in [6.07, 6.45) is 19.0. The Morgan fingerprint density at radius 3 is 2.47 bits per heavy atom. The van der Waals surface area contributed by atoms with Crippen LogP contribution in [0.4, 0.5) is 0 Å². The van der Waals surface area contributed by atoms with Crippen molar-refractivity contribution in [3.63, 3.8) is 0 Å². The first-order chi connectivity index (χ1) is 7.33. The Morgan fingerprint density at radius 2 is 1.80 bits per heavy atom. The Labute approximate surface area is 89.9 Å². The molecule has 0 heterocycles. The van der Waals surface area contributed by atoms with Crippen molar-refractivity contribution < 1.29 is 9.53 Å². The van der Waals surface area contributed by atoms with Crippen molar-refractivity contribution in [2.75, 3.05) is 7.11 Å². The highest BCUT2D eigenvalue weighted by atomic mass is 16.5. The van der Waals surface area contributed by atoms with Gasteiger partial charge in [-0.1, -0.05) is 54.7 Å². The molecule has 0 bridgehead atoms. The van der Waals surface area contributed by atoms with E-state index in [1.807, 2.05) is 24.3 Å². The Bertz CT molecular complexity index is 332. The summed E-state index contributed by atoms with van der Waals surface area (Å²) in [6.45, 7) is 0. The molecule has 0 saturated carbocycles. The summed E-state index contributed by atoms with van der Waals surface area (Å²) in [5.41, 5.74) is 0. The van der Waals surface area contributed by atoms with Gasteiger partial charge in [0.1, 0.15) is 0 Å². The fourth-order valence-corrected chi connectivity index (χ4v) is 1.10. The number of rotatable bonds is 4. The topological polar surface area (TPSA) is 26.3 Å². The maximum atomic E-state index is 10.7. The fourth-order valence-electron chi connectivity index (χ4n) is 1.10. The zero-order valence-electron chi connectivity index (χ0n) is 8.67. The molecule has 0 atom stereocenters. The molecule has 2 nitrogen and oxygen atoms in total. The molecular formula is C13H14O2. The summed E-state index contributed by atoms with van der Waals surface area (Å²) in [7, 11) is 1.36. The molecule has 0 N–H and O–H groups in total. The van der Waals surface area contributed by atoms with Crippen molar-refractivity contribution in [2.45, 2.75) is 0 Å². The Balaban J connectivity index is 2.27. The largest absolute Gasteiger partial charge is 0.466 e. The highest BCUT2D eigenvalue weighted by Crippen LogP contribution is 2.09. The first-order valence-corrected chi connectivity index (χ1v) is 4.77. The first-order valence-electron chi connectivity index (χ1n) is 4.77. The van der Waals surface area contributed by atoms with Crippen LogP contribution in [0, 0.1) is 5.92 Å². The highest BCUT2D eigenvalue weighted by Gasteiger charge is 1.94. The lowest BCUT2D eigenvalue weighted by atomic mass is 10.1. The predicted molar refractivity (Wildman–Crippen MR) is 61.2 cm³/mol. The van der Waals surface area contributed by atoms with Crippen LogP contribution in [-0.4, -0.2) is 13.1 Å². The summed E-state index contributed by atoms with van der Waals surface area (Å²) in [5, 5.41) is 0. The zero-order valence-corrected chi connectivity index (χ0v) is 8.67. The first kappa shape index (κ1) is 11.2. The van der Waals surface area contributed by atoms with Gasteiger partial charge in [0.05, 0.1) is 7.11 Å². The molecule has 0 aromatic carbocycles. The molecule has 0 amide bonds. The van der Waals surface area contributed by atoms with E-state index in [4.69, 9.17) is 0 Å². The standard InChI is InChI=1S/C13H14O2/c1-15-13(14)11-5-3-2-4-8-12-9-6-7-10-12/h2-12H,1H3/b3-2+,8-4+,11-5+. The number of hydrogen-bond acceptors (Lipinski definition) is 2. The van der Waals surface area contributed by atoms with Crippen LogP contribution in [0.3, 0.4) is 0 Å². The second-order valence-electron chi connectivity index (χ2n) is 3.00. The maximum Gasteiger partial charge on any atom is 0.330 e. The SMILES string of the molecule is COC(=O)/C=C/C=C/C=C/C1C=CC=C1. The second-order valence-corrected chi connectivity index (χ2v) is 3.00. The van der Waals surface area contributed by atoms with E-state index >= 15 is 0 Å². The lowest BCUT2D eigenvalue weighted by molar-refractivity contribution is -0.134. The van der Waals surface area contributed by atoms with E-state index in [0.29, 0.717) is 5.92 Å². The number of hydrogen-bond donors (Lipinski definition) is 0. The molecule has 0 saturated heterocycles. The van der Waals surface area contributed by atoms with Gasteiger partial charge < -0.3 is 4.74 Å². The summed E-state index contributed by atoms with van der Waals surface area (Å²) in [4.78, 5) is 10.7. The lowest BCUT2D eigenvalue weighted by Crippen LogP contribution is -1.92. The monoisotopic (exact) mass is 202 g/mol. The third kappa shape index (κ3) is 4.81. The lowest BCUT2D eigenvalue weighted by Gasteiger charge is -1.91. The van der Waals surface area contributed by atoms with E-state index in [0.717, 1.165) is 0 Å². The fraction of sp³-hybridized carbons (Fsp3) is 0.154. The molecule has 2 heteroatoms. The molecule has 0 spiro atoms. The molecule has 15 heavy (non-hydrogen) atoms. The number of carbonyl (C=O) groups is 1. The van der Waals surface area contributed by atoms with Gasteiger partial charge in [0.2, 0.25) is 0 Å². The number of allylic oxidation sites excluding steroid dienone is 9. The van der Waals surface area contributed by atoms with Crippen LogP contribution < -0.4 is 0 Å². The Kier molecular flexibility index (Phi) is 4.95. The molecule has 0 aromatic rings. The van der Waals surface area contributed by atoms with Crippen molar-refractivity contribution in [1.29, 1.82) is 0 Å². The molecule has 78 valence electrons. The van der Waals surface area contributed by atoms with Crippen LogP contribution in [0.2, 0.25) is 0 Å². The number of ether oxygens (including phenoxy) is 1. The zero-order chi connectivity index (χ0) is 10.9. The molecule has 0 unspecified atom stereocenters. The van der Waals surface area contributed by atoms with Crippen molar-refractivity contribution in [3.8, 4) is 0 Å². The normalized spacial score (nSPS) is 16.3. The summed E-state index contributed by atoms with van der Waals surface area (Å²) < 4.78 is 4.44. The van der Waals surface area contributed by atoms with Crippen LogP contribution in [0.1, 0.15) is 0 Å². The van der Waals surface area contributed by atoms with E-state index in [-0.39, 0.29) is 5.97 Å². The molecule has 0 aromatic heterocycles. The molecule has 1 rings (SSSR count). The average molecular weight is 202 g/mol. The van der Waals surface area contributed by atoms with Gasteiger partial charge in [-0.15, -0.1) is 0 Å². The van der Waals surface area contributed by atoms with E-state index in [9.17, 15) is 4.79 Å². The van der Waals surface area contributed by atoms with Crippen molar-refractivity contribution in [1.82, 2.24) is 0 Å². The third-order valence-electron chi connectivity index (χ3n) is 1.88. The van der Waals surface area contributed by atoms with Gasteiger partial charge in [0, 0.05) is 12.0 Å². The predicted octanol–water partition coefficient (Wildman–Crippen LogP) is 2.57. The number of methoxy groups -OCH3 is 1. The van der Waals surface area contributed by atoms with Gasteiger partial charge in [-0.2, -0.15) is 0 Å². The Hall–Kier alpha value is -1.83. The van der Waals surface area contributed by atoms with Crippen LogP contribution in [0.25, 0.3) is 0 Å². The summed E-state index contributed by atoms with van der Waals surface area (Å²) >= 11 is 0.